The van der Waals surface area contributed by atoms with Gasteiger partial charge in [-0.05, 0) is 38.1 Å². The molecule has 9 nitrogen and oxygen atoms in total. The molecule has 1 atom stereocenters. The normalized spacial score (nSPS) is 12.6. The van der Waals surface area contributed by atoms with Gasteiger partial charge in [-0.25, -0.2) is 8.42 Å². The summed E-state index contributed by atoms with van der Waals surface area (Å²) in [7, 11) is -2.82. The molecule has 2 aromatic carbocycles. The zero-order chi connectivity index (χ0) is 21.1. The van der Waals surface area contributed by atoms with Gasteiger partial charge in [0.1, 0.15) is 11.8 Å². The van der Waals surface area contributed by atoms with Crippen LogP contribution in [0.2, 0.25) is 0 Å². The summed E-state index contributed by atoms with van der Waals surface area (Å²) in [6, 6.07) is 8.52. The van der Waals surface area contributed by atoms with Gasteiger partial charge >= 0.3 is 5.97 Å². The summed E-state index contributed by atoms with van der Waals surface area (Å²) in [4.78, 5) is 22.2. The molecule has 0 aliphatic carbocycles. The lowest BCUT2D eigenvalue weighted by Crippen LogP contribution is -2.42. The van der Waals surface area contributed by atoms with Crippen molar-refractivity contribution in [3.8, 4) is 5.75 Å². The lowest BCUT2D eigenvalue weighted by atomic mass is 10.1. The average Bonchev–Trinajstić information content (AvgIpc) is 2.65. The molecule has 1 N–H and O–H groups in total. The maximum Gasteiger partial charge on any atom is 0.321 e. The van der Waals surface area contributed by atoms with Crippen molar-refractivity contribution in [3.63, 3.8) is 0 Å². The molecule has 0 aliphatic heterocycles. The van der Waals surface area contributed by atoms with E-state index >= 15 is 0 Å². The number of carboxylic acid groups (broad SMARTS) is 1. The first-order valence-corrected chi connectivity index (χ1v) is 9.65. The molecule has 150 valence electrons. The topological polar surface area (TPSA) is 127 Å². The monoisotopic (exact) mass is 408 g/mol. The van der Waals surface area contributed by atoms with Crippen LogP contribution in [0.15, 0.2) is 47.4 Å². The Morgan fingerprint density at radius 2 is 1.86 bits per heavy atom. The maximum atomic E-state index is 13.1. The Kier molecular flexibility index (Phi) is 6.37. The van der Waals surface area contributed by atoms with Gasteiger partial charge in [0.2, 0.25) is 10.0 Å². The number of carboxylic acids is 1. The zero-order valence-electron chi connectivity index (χ0n) is 15.5. The van der Waals surface area contributed by atoms with Crippen LogP contribution in [0.3, 0.4) is 0 Å². The summed E-state index contributed by atoms with van der Waals surface area (Å²) in [6.07, 6.45) is 0. The number of aryl methyl sites for hydroxylation is 1. The summed E-state index contributed by atoms with van der Waals surface area (Å²) in [5.41, 5.74) is 0.220. The van der Waals surface area contributed by atoms with Crippen LogP contribution >= 0.6 is 0 Å². The molecule has 0 spiro atoms. The molecule has 0 heterocycles. The third kappa shape index (κ3) is 4.29. The summed E-state index contributed by atoms with van der Waals surface area (Å²) in [6.45, 7) is 2.29. The molecule has 0 amide bonds. The molecule has 28 heavy (non-hydrogen) atoms. The number of hydrogen-bond acceptors (Lipinski definition) is 6. The fraction of sp³-hybridized carbons (Fsp3) is 0.278. The van der Waals surface area contributed by atoms with E-state index in [2.05, 4.69) is 0 Å². The summed E-state index contributed by atoms with van der Waals surface area (Å²) in [5.74, 6) is -0.932. The number of nitro benzene ring substituents is 1. The maximum absolute atomic E-state index is 13.1. The fourth-order valence-corrected chi connectivity index (χ4v) is 4.28. The van der Waals surface area contributed by atoms with Gasteiger partial charge in [0.25, 0.3) is 5.69 Å². The lowest BCUT2D eigenvalue weighted by Gasteiger charge is -2.26. The van der Waals surface area contributed by atoms with Crippen LogP contribution < -0.4 is 4.74 Å². The van der Waals surface area contributed by atoms with Crippen molar-refractivity contribution in [2.75, 3.05) is 7.11 Å². The van der Waals surface area contributed by atoms with Crippen molar-refractivity contribution < 1.29 is 28.0 Å². The SMILES string of the molecule is COc1ccc(S(=O)(=O)N(Cc2cccc(C)c2[N+](=O)[O-])[C@H](C)C(=O)O)cc1. The van der Waals surface area contributed by atoms with Gasteiger partial charge in [-0.1, -0.05) is 18.2 Å². The lowest BCUT2D eigenvalue weighted by molar-refractivity contribution is -0.386. The van der Waals surface area contributed by atoms with Crippen LogP contribution in [0.4, 0.5) is 5.69 Å². The number of para-hydroxylation sites is 1. The molecule has 0 aliphatic rings. The van der Waals surface area contributed by atoms with E-state index < -0.39 is 33.5 Å². The van der Waals surface area contributed by atoms with Gasteiger partial charge in [0, 0.05) is 17.7 Å². The first kappa shape index (κ1) is 21.3. The third-order valence-electron chi connectivity index (χ3n) is 4.29. The molecule has 0 radical (unpaired) electrons. The number of methoxy groups -OCH3 is 1. The van der Waals surface area contributed by atoms with Crippen LogP contribution in [-0.2, 0) is 21.4 Å². The van der Waals surface area contributed by atoms with Crippen LogP contribution in [0.1, 0.15) is 18.1 Å². The number of rotatable bonds is 8. The Bertz CT molecular complexity index is 987. The molecular formula is C18H20N2O7S. The standard InChI is InChI=1S/C18H20N2O7S/c1-12-5-4-6-14(17(12)20(23)24)11-19(13(2)18(21)22)28(25,26)16-9-7-15(27-3)8-10-16/h4-10,13H,11H2,1-3H3,(H,21,22)/t13-/m1/s1. The van der Waals surface area contributed by atoms with E-state index in [1.807, 2.05) is 0 Å². The third-order valence-corrected chi connectivity index (χ3v) is 6.22. The van der Waals surface area contributed by atoms with Crippen molar-refractivity contribution in [2.24, 2.45) is 0 Å². The number of carbonyl (C=O) groups is 1. The Morgan fingerprint density at radius 3 is 2.36 bits per heavy atom. The summed E-state index contributed by atoms with van der Waals surface area (Å²) < 4.78 is 31.9. The van der Waals surface area contributed by atoms with Crippen molar-refractivity contribution in [1.29, 1.82) is 0 Å². The molecule has 0 unspecified atom stereocenters. The zero-order valence-corrected chi connectivity index (χ0v) is 16.3. The van der Waals surface area contributed by atoms with E-state index in [-0.39, 0.29) is 16.1 Å². The minimum Gasteiger partial charge on any atom is -0.497 e. The van der Waals surface area contributed by atoms with Crippen molar-refractivity contribution >= 4 is 21.7 Å². The number of nitro groups is 1. The molecule has 0 bridgehead atoms. The van der Waals surface area contributed by atoms with Crippen LogP contribution in [-0.4, -0.2) is 41.9 Å². The van der Waals surface area contributed by atoms with Gasteiger partial charge in [-0.15, -0.1) is 0 Å². The predicted molar refractivity (Wildman–Crippen MR) is 101 cm³/mol. The van der Waals surface area contributed by atoms with E-state index in [0.717, 1.165) is 4.31 Å². The quantitative estimate of drug-likeness (QED) is 0.525. The molecule has 10 heteroatoms. The first-order valence-electron chi connectivity index (χ1n) is 8.21. The van der Waals surface area contributed by atoms with Crippen LogP contribution in [0.25, 0.3) is 0 Å². The predicted octanol–water partition coefficient (Wildman–Crippen LogP) is 2.58. The van der Waals surface area contributed by atoms with E-state index in [9.17, 15) is 28.4 Å². The molecule has 0 aromatic heterocycles. The fourth-order valence-electron chi connectivity index (χ4n) is 2.71. The smallest absolute Gasteiger partial charge is 0.321 e. The minimum absolute atomic E-state index is 0.107. The van der Waals surface area contributed by atoms with E-state index in [1.54, 1.807) is 6.07 Å². The Morgan fingerprint density at radius 1 is 1.25 bits per heavy atom. The second-order valence-corrected chi connectivity index (χ2v) is 7.97. The number of nitrogens with zero attached hydrogens (tertiary/aromatic N) is 2. The largest absolute Gasteiger partial charge is 0.497 e. The van der Waals surface area contributed by atoms with Crippen molar-refractivity contribution in [2.45, 2.75) is 31.3 Å². The average molecular weight is 408 g/mol. The number of ether oxygens (including phenoxy) is 1. The highest BCUT2D eigenvalue weighted by atomic mass is 32.2. The van der Waals surface area contributed by atoms with Crippen molar-refractivity contribution in [1.82, 2.24) is 4.31 Å². The highest BCUT2D eigenvalue weighted by Crippen LogP contribution is 2.28. The summed E-state index contributed by atoms with van der Waals surface area (Å²) >= 11 is 0. The number of sulfonamides is 1. The molecular weight excluding hydrogens is 388 g/mol. The van der Waals surface area contributed by atoms with E-state index in [0.29, 0.717) is 11.3 Å². The first-order chi connectivity index (χ1) is 13.1. The van der Waals surface area contributed by atoms with Gasteiger partial charge in [0.15, 0.2) is 0 Å². The Labute approximate surface area is 162 Å². The molecule has 0 fully saturated rings. The number of aliphatic carboxylic acids is 1. The highest BCUT2D eigenvalue weighted by Gasteiger charge is 2.35. The van der Waals surface area contributed by atoms with E-state index in [4.69, 9.17) is 4.74 Å². The van der Waals surface area contributed by atoms with Crippen LogP contribution in [0, 0.1) is 17.0 Å². The second-order valence-electron chi connectivity index (χ2n) is 6.08. The van der Waals surface area contributed by atoms with Crippen molar-refractivity contribution in [3.05, 3.63) is 63.7 Å². The van der Waals surface area contributed by atoms with Crippen LogP contribution in [0.5, 0.6) is 5.75 Å². The molecule has 0 saturated carbocycles. The second kappa shape index (κ2) is 8.36. The minimum atomic E-state index is -4.25. The number of benzene rings is 2. The molecule has 2 rings (SSSR count). The van der Waals surface area contributed by atoms with Gasteiger partial charge in [0.05, 0.1) is 16.9 Å². The molecule has 0 saturated heterocycles. The van der Waals surface area contributed by atoms with E-state index in [1.165, 1.54) is 57.4 Å². The van der Waals surface area contributed by atoms with Gasteiger partial charge < -0.3 is 9.84 Å². The van der Waals surface area contributed by atoms with Gasteiger partial charge in [-0.3, -0.25) is 14.9 Å². The van der Waals surface area contributed by atoms with Gasteiger partial charge in [-0.2, -0.15) is 4.31 Å². The Balaban J connectivity index is 2.56. The summed E-state index contributed by atoms with van der Waals surface area (Å²) in [5, 5.41) is 20.8. The highest BCUT2D eigenvalue weighted by molar-refractivity contribution is 7.89. The number of hydrogen-bond donors (Lipinski definition) is 1. The Hall–Kier alpha value is -2.98. The molecule has 2 aromatic rings.